The van der Waals surface area contributed by atoms with Crippen LogP contribution in [-0.4, -0.2) is 19.2 Å². The van der Waals surface area contributed by atoms with E-state index < -0.39 is 10.0 Å². The van der Waals surface area contributed by atoms with Crippen LogP contribution in [0, 0.1) is 0 Å². The van der Waals surface area contributed by atoms with E-state index in [1.807, 2.05) is 6.07 Å². The molecule has 0 aliphatic carbocycles. The number of hydrogen-bond donors (Lipinski definition) is 3. The van der Waals surface area contributed by atoms with Gasteiger partial charge in [-0.1, -0.05) is 43.8 Å². The topological polar surface area (TPSA) is 81.4 Å². The molecule has 0 radical (unpaired) electrons. The number of nitrogens with two attached hydrogens (primary N) is 1. The van der Waals surface area contributed by atoms with E-state index in [1.165, 1.54) is 6.07 Å². The zero-order valence-electron chi connectivity index (χ0n) is 13.7. The number of hydrogen-bond acceptors (Lipinski definition) is 5. The molecule has 2 aromatic rings. The van der Waals surface area contributed by atoms with E-state index in [1.54, 1.807) is 30.3 Å². The maximum atomic E-state index is 12.1. The summed E-state index contributed by atoms with van der Waals surface area (Å²) in [6.07, 6.45) is 1.92. The van der Waals surface area contributed by atoms with Gasteiger partial charge < -0.3 is 10.1 Å². The number of nitrogens with one attached hydrogen (secondary N) is 1. The number of para-hydroxylation sites is 1. The average molecular weight is 397 g/mol. The molecule has 0 aliphatic heterocycles. The second-order valence-corrected chi connectivity index (χ2v) is 8.08. The Kier molecular flexibility index (Phi) is 6.83. The molecule has 0 saturated heterocycles. The fourth-order valence-corrected chi connectivity index (χ4v) is 3.13. The number of sulfonamides is 1. The average Bonchev–Trinajstić information content (AvgIpc) is 2.56. The number of ether oxygens (including phenoxy) is 1. The lowest BCUT2D eigenvalue weighted by Crippen LogP contribution is -2.15. The molecule has 0 aromatic heterocycles. The molecule has 0 fully saturated rings. The van der Waals surface area contributed by atoms with Gasteiger partial charge in [0.2, 0.25) is 10.0 Å². The maximum absolute atomic E-state index is 12.1. The van der Waals surface area contributed by atoms with Gasteiger partial charge in [0.25, 0.3) is 0 Å². The molecule has 0 amide bonds. The zero-order chi connectivity index (χ0) is 18.4. The van der Waals surface area contributed by atoms with E-state index >= 15 is 0 Å². The second kappa shape index (κ2) is 8.66. The first-order valence-electron chi connectivity index (χ1n) is 7.74. The first kappa shape index (κ1) is 19.7. The summed E-state index contributed by atoms with van der Waals surface area (Å²) in [6.45, 7) is 2.73. The predicted octanol–water partition coefficient (Wildman–Crippen LogP) is 3.94. The molecule has 0 unspecified atom stereocenters. The van der Waals surface area contributed by atoms with Gasteiger partial charge in [-0.15, -0.1) is 12.6 Å². The van der Waals surface area contributed by atoms with E-state index in [0.29, 0.717) is 23.5 Å². The molecular weight excluding hydrogens is 376 g/mol. The van der Waals surface area contributed by atoms with Gasteiger partial charge in [-0.25, -0.2) is 13.6 Å². The molecule has 5 nitrogen and oxygen atoms in total. The van der Waals surface area contributed by atoms with Crippen molar-refractivity contribution in [1.29, 1.82) is 0 Å². The number of thiocarbonyl (C=S) groups is 1. The Morgan fingerprint density at radius 1 is 1.28 bits per heavy atom. The number of rotatable bonds is 8. The van der Waals surface area contributed by atoms with Crippen LogP contribution in [0.15, 0.2) is 47.4 Å². The molecule has 2 rings (SSSR count). The zero-order valence-corrected chi connectivity index (χ0v) is 16.3. The summed E-state index contributed by atoms with van der Waals surface area (Å²) >= 11 is 9.22. The Hall–Kier alpha value is -1.61. The van der Waals surface area contributed by atoms with Crippen LogP contribution in [0.4, 0.5) is 5.69 Å². The smallest absolute Gasteiger partial charge is 0.241 e. The van der Waals surface area contributed by atoms with Gasteiger partial charge in [0, 0.05) is 12.1 Å². The summed E-state index contributed by atoms with van der Waals surface area (Å²) in [6, 6.07) is 12.0. The van der Waals surface area contributed by atoms with Crippen molar-refractivity contribution in [3.05, 3.63) is 48.0 Å². The fraction of sp³-hybridized carbons (Fsp3) is 0.235. The molecule has 0 bridgehead atoms. The molecule has 0 atom stereocenters. The van der Waals surface area contributed by atoms with Crippen LogP contribution in [0.25, 0.3) is 0 Å². The summed E-state index contributed by atoms with van der Waals surface area (Å²) in [5.41, 5.74) is 0.997. The van der Waals surface area contributed by atoms with Crippen molar-refractivity contribution < 1.29 is 13.2 Å². The predicted molar refractivity (Wildman–Crippen MR) is 108 cm³/mol. The number of anilines is 1. The summed E-state index contributed by atoms with van der Waals surface area (Å²) in [4.78, 5) is -0.135. The molecule has 25 heavy (non-hydrogen) atoms. The molecule has 8 heteroatoms. The van der Waals surface area contributed by atoms with Gasteiger partial charge in [-0.05, 0) is 30.7 Å². The van der Waals surface area contributed by atoms with Crippen LogP contribution >= 0.6 is 24.8 Å². The lowest BCUT2D eigenvalue weighted by atomic mass is 10.2. The van der Waals surface area contributed by atoms with Crippen molar-refractivity contribution >= 4 is 44.8 Å². The molecule has 2 aromatic carbocycles. The van der Waals surface area contributed by atoms with Crippen LogP contribution in [0.5, 0.6) is 11.5 Å². The highest BCUT2D eigenvalue weighted by Crippen LogP contribution is 2.37. The van der Waals surface area contributed by atoms with E-state index in [0.717, 1.165) is 12.8 Å². The molecule has 0 spiro atoms. The first-order chi connectivity index (χ1) is 11.8. The number of primary sulfonamides is 1. The minimum Gasteiger partial charge on any atom is -0.454 e. The van der Waals surface area contributed by atoms with Crippen molar-refractivity contribution in [3.8, 4) is 11.5 Å². The lowest BCUT2D eigenvalue weighted by molar-refractivity contribution is 0.469. The van der Waals surface area contributed by atoms with Crippen LogP contribution in [0.3, 0.4) is 0 Å². The second-order valence-electron chi connectivity index (χ2n) is 5.40. The fourth-order valence-electron chi connectivity index (χ4n) is 2.18. The van der Waals surface area contributed by atoms with Crippen molar-refractivity contribution in [1.82, 2.24) is 0 Å². The molecule has 0 saturated carbocycles. The molecule has 0 heterocycles. The van der Waals surface area contributed by atoms with Gasteiger partial charge in [-0.3, -0.25) is 0 Å². The van der Waals surface area contributed by atoms with Crippen molar-refractivity contribution in [3.63, 3.8) is 0 Å². The molecule has 3 N–H and O–H groups in total. The summed E-state index contributed by atoms with van der Waals surface area (Å²) in [5, 5.41) is 8.60. The highest BCUT2D eigenvalue weighted by atomic mass is 32.2. The first-order valence-corrected chi connectivity index (χ1v) is 10.1. The van der Waals surface area contributed by atoms with Crippen LogP contribution in [0.2, 0.25) is 0 Å². The summed E-state index contributed by atoms with van der Waals surface area (Å²) in [5.74, 6) is 0.658. The molecule has 0 aliphatic rings. The third kappa shape index (κ3) is 5.43. The summed E-state index contributed by atoms with van der Waals surface area (Å²) < 4.78 is 30.3. The Balaban J connectivity index is 2.59. The van der Waals surface area contributed by atoms with Gasteiger partial charge >= 0.3 is 0 Å². The van der Waals surface area contributed by atoms with E-state index in [4.69, 9.17) is 22.1 Å². The lowest BCUT2D eigenvalue weighted by Gasteiger charge is -2.17. The molecule has 134 valence electrons. The standard InChI is InChI=1S/C17H20N2O3S3/c1-2-3-9-19-14-10-12(17(23)24)11-15(25(18,20)21)16(14)22-13-7-5-4-6-8-13/h4-8,10-11,19H,2-3,9H2,1H3,(H,23,24)(H2,18,20,21). The van der Waals surface area contributed by atoms with Crippen LogP contribution in [0.1, 0.15) is 25.3 Å². The van der Waals surface area contributed by atoms with E-state index in [9.17, 15) is 8.42 Å². The van der Waals surface area contributed by atoms with Gasteiger partial charge in [0.1, 0.15) is 10.6 Å². The minimum atomic E-state index is -4.02. The van der Waals surface area contributed by atoms with Gasteiger partial charge in [0.15, 0.2) is 5.75 Å². The number of benzene rings is 2. The van der Waals surface area contributed by atoms with E-state index in [2.05, 4.69) is 24.9 Å². The third-order valence-corrected chi connectivity index (χ3v) is 4.83. The Morgan fingerprint density at radius 2 is 1.96 bits per heavy atom. The van der Waals surface area contributed by atoms with Crippen LogP contribution in [-0.2, 0) is 10.0 Å². The van der Waals surface area contributed by atoms with Crippen molar-refractivity contribution in [2.45, 2.75) is 24.7 Å². The molecular formula is C17H20N2O3S3. The largest absolute Gasteiger partial charge is 0.454 e. The van der Waals surface area contributed by atoms with Gasteiger partial charge in [0.05, 0.1) is 9.88 Å². The number of thiol groups is 1. The number of unbranched alkanes of at least 4 members (excludes halogenated alkanes) is 1. The maximum Gasteiger partial charge on any atom is 0.241 e. The van der Waals surface area contributed by atoms with E-state index in [-0.39, 0.29) is 14.8 Å². The highest BCUT2D eigenvalue weighted by molar-refractivity contribution is 8.11. The quantitative estimate of drug-likeness (QED) is 0.358. The monoisotopic (exact) mass is 396 g/mol. The van der Waals surface area contributed by atoms with Gasteiger partial charge in [-0.2, -0.15) is 0 Å². The highest BCUT2D eigenvalue weighted by Gasteiger charge is 2.22. The third-order valence-electron chi connectivity index (χ3n) is 3.42. The van der Waals surface area contributed by atoms with Crippen molar-refractivity contribution in [2.24, 2.45) is 5.14 Å². The Labute approximate surface area is 159 Å². The SMILES string of the molecule is CCCCNc1cc(C(=S)S)cc(S(N)(=O)=O)c1Oc1ccccc1. The summed E-state index contributed by atoms with van der Waals surface area (Å²) in [7, 11) is -4.02. The Bertz CT molecular complexity index is 853. The van der Waals surface area contributed by atoms with Crippen molar-refractivity contribution in [2.75, 3.05) is 11.9 Å². The Morgan fingerprint density at radius 3 is 2.52 bits per heavy atom. The van der Waals surface area contributed by atoms with Crippen LogP contribution < -0.4 is 15.2 Å². The minimum absolute atomic E-state index is 0.135. The normalized spacial score (nSPS) is 11.2.